The van der Waals surface area contributed by atoms with E-state index in [-0.39, 0.29) is 0 Å². The first-order valence-corrected chi connectivity index (χ1v) is 8.31. The van der Waals surface area contributed by atoms with Gasteiger partial charge in [0.25, 0.3) is 0 Å². The monoisotopic (exact) mass is 307 g/mol. The van der Waals surface area contributed by atoms with Crippen molar-refractivity contribution < 1.29 is 0 Å². The summed E-state index contributed by atoms with van der Waals surface area (Å²) in [6, 6.07) is 30.3. The summed E-state index contributed by atoms with van der Waals surface area (Å²) in [6.45, 7) is 2.22. The molecule has 0 fully saturated rings. The number of nitrogens with zero attached hydrogens (tertiary/aromatic N) is 1. The second kappa shape index (κ2) is 4.97. The van der Waals surface area contributed by atoms with Crippen LogP contribution in [0, 0.1) is 6.92 Å². The zero-order valence-corrected chi connectivity index (χ0v) is 13.5. The molecule has 5 rings (SSSR count). The summed E-state index contributed by atoms with van der Waals surface area (Å²) in [5, 5.41) is 5.27. The largest absolute Gasteiger partial charge is 0.309 e. The van der Waals surface area contributed by atoms with Crippen LogP contribution in [0.2, 0.25) is 0 Å². The van der Waals surface area contributed by atoms with Gasteiger partial charge in [-0.15, -0.1) is 0 Å². The van der Waals surface area contributed by atoms with Crippen molar-refractivity contribution in [1.82, 2.24) is 4.57 Å². The van der Waals surface area contributed by atoms with Gasteiger partial charge in [0, 0.05) is 21.8 Å². The lowest BCUT2D eigenvalue weighted by molar-refractivity contribution is 1.19. The summed E-state index contributed by atoms with van der Waals surface area (Å²) in [5.74, 6) is 0. The molecule has 1 heteroatoms. The molecule has 0 aliphatic carbocycles. The van der Waals surface area contributed by atoms with Crippen molar-refractivity contribution in [3.63, 3.8) is 0 Å². The van der Waals surface area contributed by atoms with E-state index in [2.05, 4.69) is 96.4 Å². The highest BCUT2D eigenvalue weighted by molar-refractivity contribution is 6.19. The first-order valence-electron chi connectivity index (χ1n) is 8.31. The van der Waals surface area contributed by atoms with Crippen molar-refractivity contribution in [2.45, 2.75) is 6.92 Å². The molecule has 0 spiro atoms. The molecule has 114 valence electrons. The number of rotatable bonds is 1. The number of fused-ring (bicyclic) bond motifs is 5. The second-order valence-corrected chi connectivity index (χ2v) is 6.33. The van der Waals surface area contributed by atoms with Gasteiger partial charge in [0.15, 0.2) is 0 Å². The summed E-state index contributed by atoms with van der Waals surface area (Å²) in [6.07, 6.45) is 0. The number of benzene rings is 4. The number of aryl methyl sites for hydroxylation is 1. The summed E-state index contributed by atoms with van der Waals surface area (Å²) in [4.78, 5) is 0. The van der Waals surface area contributed by atoms with E-state index >= 15 is 0 Å². The highest BCUT2D eigenvalue weighted by atomic mass is 15.0. The van der Waals surface area contributed by atoms with Crippen LogP contribution < -0.4 is 0 Å². The lowest BCUT2D eigenvalue weighted by atomic mass is 10.0. The van der Waals surface area contributed by atoms with Crippen molar-refractivity contribution in [3.05, 3.63) is 90.5 Å². The fourth-order valence-electron chi connectivity index (χ4n) is 3.88. The maximum absolute atomic E-state index is 2.40. The van der Waals surface area contributed by atoms with Crippen LogP contribution in [-0.4, -0.2) is 4.57 Å². The van der Waals surface area contributed by atoms with Gasteiger partial charge in [0.1, 0.15) is 0 Å². The zero-order chi connectivity index (χ0) is 16.1. The summed E-state index contributed by atoms with van der Waals surface area (Å²) in [7, 11) is 0. The molecule has 24 heavy (non-hydrogen) atoms. The van der Waals surface area contributed by atoms with E-state index in [9.17, 15) is 0 Å². The lowest BCUT2D eigenvalue weighted by Crippen LogP contribution is -1.94. The van der Waals surface area contributed by atoms with Gasteiger partial charge in [-0.2, -0.15) is 0 Å². The number of para-hydroxylation sites is 2. The number of aromatic nitrogens is 1. The van der Waals surface area contributed by atoms with Gasteiger partial charge in [-0.25, -0.2) is 0 Å². The first-order chi connectivity index (χ1) is 11.8. The third-order valence-electron chi connectivity index (χ3n) is 4.87. The molecule has 0 radical (unpaired) electrons. The molecule has 4 aromatic carbocycles. The molecule has 0 N–H and O–H groups in total. The Labute approximate surface area is 140 Å². The molecule has 0 amide bonds. The summed E-state index contributed by atoms with van der Waals surface area (Å²) >= 11 is 0. The molecule has 1 heterocycles. The van der Waals surface area contributed by atoms with E-state index in [4.69, 9.17) is 0 Å². The highest BCUT2D eigenvalue weighted by Gasteiger charge is 2.16. The second-order valence-electron chi connectivity index (χ2n) is 6.33. The van der Waals surface area contributed by atoms with Crippen LogP contribution in [0.4, 0.5) is 0 Å². The van der Waals surface area contributed by atoms with Gasteiger partial charge in [0.2, 0.25) is 0 Å². The van der Waals surface area contributed by atoms with Crippen LogP contribution in [0.15, 0.2) is 84.9 Å². The maximum atomic E-state index is 2.40. The van der Waals surface area contributed by atoms with Crippen LogP contribution in [-0.2, 0) is 0 Å². The number of hydrogen-bond acceptors (Lipinski definition) is 0. The molecule has 0 atom stereocenters. The molecule has 5 aromatic rings. The minimum Gasteiger partial charge on any atom is -0.309 e. The van der Waals surface area contributed by atoms with Crippen LogP contribution in [0.5, 0.6) is 0 Å². The van der Waals surface area contributed by atoms with Gasteiger partial charge in [0.05, 0.1) is 11.0 Å². The maximum Gasteiger partial charge on any atom is 0.0622 e. The summed E-state index contributed by atoms with van der Waals surface area (Å²) in [5.41, 5.74) is 5.10. The normalized spacial score (nSPS) is 11.5. The molecule has 0 unspecified atom stereocenters. The Morgan fingerprint density at radius 2 is 1.33 bits per heavy atom. The Kier molecular flexibility index (Phi) is 2.77. The fourth-order valence-corrected chi connectivity index (χ4v) is 3.88. The molecule has 0 aliphatic rings. The van der Waals surface area contributed by atoms with E-state index in [0.717, 1.165) is 0 Å². The van der Waals surface area contributed by atoms with Crippen LogP contribution in [0.3, 0.4) is 0 Å². The van der Waals surface area contributed by atoms with E-state index in [1.807, 2.05) is 0 Å². The van der Waals surface area contributed by atoms with E-state index in [1.165, 1.54) is 43.8 Å². The summed E-state index contributed by atoms with van der Waals surface area (Å²) < 4.78 is 2.40. The Morgan fingerprint density at radius 1 is 0.667 bits per heavy atom. The minimum absolute atomic E-state index is 1.21. The third kappa shape index (κ3) is 1.75. The lowest BCUT2D eigenvalue weighted by Gasteiger charge is -2.10. The van der Waals surface area contributed by atoms with Gasteiger partial charge in [-0.05, 0) is 36.1 Å². The van der Waals surface area contributed by atoms with E-state index in [0.29, 0.717) is 0 Å². The predicted octanol–water partition coefficient (Wildman–Crippen LogP) is 6.25. The zero-order valence-electron chi connectivity index (χ0n) is 13.5. The SMILES string of the molecule is Cc1cc2ccccc2c2c1c1ccccc1n2-c1ccccc1. The Hall–Kier alpha value is -3.06. The van der Waals surface area contributed by atoms with E-state index in [1.54, 1.807) is 0 Å². The van der Waals surface area contributed by atoms with Gasteiger partial charge in [-0.3, -0.25) is 0 Å². The van der Waals surface area contributed by atoms with Crippen molar-refractivity contribution in [2.24, 2.45) is 0 Å². The highest BCUT2D eigenvalue weighted by Crippen LogP contribution is 2.38. The molecule has 0 saturated heterocycles. The smallest absolute Gasteiger partial charge is 0.0622 e. The van der Waals surface area contributed by atoms with Crippen molar-refractivity contribution >= 4 is 32.6 Å². The topological polar surface area (TPSA) is 4.93 Å². The molecule has 0 saturated carbocycles. The molecular formula is C23H17N. The van der Waals surface area contributed by atoms with Crippen LogP contribution in [0.1, 0.15) is 5.56 Å². The molecule has 1 aromatic heterocycles. The average Bonchev–Trinajstić information content (AvgIpc) is 2.98. The Balaban J connectivity index is 2.13. The van der Waals surface area contributed by atoms with E-state index < -0.39 is 0 Å². The van der Waals surface area contributed by atoms with Gasteiger partial charge < -0.3 is 4.57 Å². The first kappa shape index (κ1) is 13.4. The van der Waals surface area contributed by atoms with Gasteiger partial charge in [-0.1, -0.05) is 66.7 Å². The van der Waals surface area contributed by atoms with Crippen molar-refractivity contribution in [1.29, 1.82) is 0 Å². The van der Waals surface area contributed by atoms with Crippen molar-refractivity contribution in [2.75, 3.05) is 0 Å². The Bertz CT molecular complexity index is 1200. The minimum atomic E-state index is 1.21. The molecular weight excluding hydrogens is 290 g/mol. The fraction of sp³-hybridized carbons (Fsp3) is 0.0435. The van der Waals surface area contributed by atoms with Crippen LogP contribution >= 0.6 is 0 Å². The van der Waals surface area contributed by atoms with Crippen molar-refractivity contribution in [3.8, 4) is 5.69 Å². The Morgan fingerprint density at radius 3 is 2.17 bits per heavy atom. The van der Waals surface area contributed by atoms with Crippen LogP contribution in [0.25, 0.3) is 38.3 Å². The third-order valence-corrected chi connectivity index (χ3v) is 4.87. The average molecular weight is 307 g/mol. The quantitative estimate of drug-likeness (QED) is 0.345. The molecule has 1 nitrogen and oxygen atoms in total. The molecule has 0 bridgehead atoms. The van der Waals surface area contributed by atoms with Gasteiger partial charge >= 0.3 is 0 Å². The standard InChI is InChI=1S/C23H17N/c1-16-15-17-9-5-6-12-19(17)23-22(16)20-13-7-8-14-21(20)24(23)18-10-3-2-4-11-18/h2-15H,1H3. The molecule has 0 aliphatic heterocycles. The predicted molar refractivity (Wildman–Crippen MR) is 103 cm³/mol. The number of hydrogen-bond donors (Lipinski definition) is 0.